The molecule has 0 atom stereocenters. The summed E-state index contributed by atoms with van der Waals surface area (Å²) in [5.41, 5.74) is 1.79. The van der Waals surface area contributed by atoms with E-state index in [1.165, 1.54) is 94.0 Å². The zero-order chi connectivity index (χ0) is 28.9. The molecule has 10 heteroatoms. The minimum Gasteiger partial charge on any atom is -0.454 e. The summed E-state index contributed by atoms with van der Waals surface area (Å²) in [6.45, 7) is 2.00. The summed E-state index contributed by atoms with van der Waals surface area (Å²) < 4.78 is 43.9. The fourth-order valence-corrected chi connectivity index (χ4v) is 7.87. The van der Waals surface area contributed by atoms with E-state index in [2.05, 4.69) is 22.0 Å². The fourth-order valence-electron chi connectivity index (χ4n) is 5.18. The Bertz CT molecular complexity index is 1320. The van der Waals surface area contributed by atoms with Gasteiger partial charge < -0.3 is 14.0 Å². The molecule has 0 aliphatic carbocycles. The molecule has 41 heavy (non-hydrogen) atoms. The van der Waals surface area contributed by atoms with Gasteiger partial charge >= 0.3 is 0 Å². The molecule has 1 N–H and O–H groups in total. The van der Waals surface area contributed by atoms with Crippen molar-refractivity contribution < 1.29 is 22.4 Å². The van der Waals surface area contributed by atoms with Crippen LogP contribution in [-0.2, 0) is 22.9 Å². The highest BCUT2D eigenvalue weighted by Crippen LogP contribution is 2.33. The van der Waals surface area contributed by atoms with E-state index in [0.29, 0.717) is 17.4 Å². The van der Waals surface area contributed by atoms with Crippen molar-refractivity contribution >= 4 is 38.8 Å². The summed E-state index contributed by atoms with van der Waals surface area (Å²) in [7, 11) is -3.76. The number of nitrogens with one attached hydrogen (secondary N) is 1. The van der Waals surface area contributed by atoms with Gasteiger partial charge in [-0.2, -0.15) is 0 Å². The molecular formula is C31H43ClN2O5S2. The van der Waals surface area contributed by atoms with Gasteiger partial charge in [0.05, 0.1) is 0 Å². The Morgan fingerprint density at radius 3 is 2.02 bits per heavy atom. The Morgan fingerprint density at radius 2 is 1.41 bits per heavy atom. The number of rotatable bonds is 20. The van der Waals surface area contributed by atoms with E-state index in [1.807, 2.05) is 11.4 Å². The van der Waals surface area contributed by atoms with Gasteiger partial charge in [0.25, 0.3) is 15.9 Å². The molecule has 0 amide bonds. The third kappa shape index (κ3) is 9.93. The highest BCUT2D eigenvalue weighted by molar-refractivity contribution is 7.93. The van der Waals surface area contributed by atoms with Gasteiger partial charge in [-0.25, -0.2) is 13.1 Å². The van der Waals surface area contributed by atoms with Crippen molar-refractivity contribution in [3.63, 3.8) is 0 Å². The molecule has 0 fully saturated rings. The number of benzene rings is 1. The second kappa shape index (κ2) is 16.4. The Kier molecular flexibility index (Phi) is 12.7. The van der Waals surface area contributed by atoms with E-state index >= 15 is 0 Å². The van der Waals surface area contributed by atoms with Gasteiger partial charge in [-0.1, -0.05) is 99.9 Å². The summed E-state index contributed by atoms with van der Waals surface area (Å²) >= 11 is 7.54. The second-order valence-electron chi connectivity index (χ2n) is 10.9. The van der Waals surface area contributed by atoms with Crippen molar-refractivity contribution in [2.24, 2.45) is 0 Å². The number of nitrogens with zero attached hydrogens (tertiary/aromatic N) is 1. The predicted molar refractivity (Wildman–Crippen MR) is 166 cm³/mol. The fraction of sp³-hybridized carbons (Fsp3) is 0.581. The van der Waals surface area contributed by atoms with Crippen LogP contribution in [0.5, 0.6) is 11.5 Å². The lowest BCUT2D eigenvalue weighted by molar-refractivity contribution is 0.174. The molecule has 0 saturated heterocycles. The third-order valence-electron chi connectivity index (χ3n) is 7.57. The highest BCUT2D eigenvalue weighted by atomic mass is 35.5. The first-order chi connectivity index (χ1) is 19.9. The first-order valence-electron chi connectivity index (χ1n) is 15.0. The molecule has 1 aliphatic rings. The maximum absolute atomic E-state index is 12.8. The number of ether oxygens (including phenoxy) is 2. The number of unbranched alkanes of at least 4 members (excludes halogenated alkanes) is 13. The van der Waals surface area contributed by atoms with Crippen LogP contribution in [0, 0.1) is 6.92 Å². The van der Waals surface area contributed by atoms with Crippen LogP contribution in [0.15, 0.2) is 39.1 Å². The number of sulfonamides is 1. The average Bonchev–Trinajstić information content (AvgIpc) is 3.70. The van der Waals surface area contributed by atoms with Crippen LogP contribution in [0.4, 0.5) is 5.88 Å². The molecule has 4 rings (SSSR count). The number of thiophene rings is 1. The van der Waals surface area contributed by atoms with Crippen LogP contribution >= 0.6 is 22.9 Å². The number of anilines is 1. The second-order valence-corrected chi connectivity index (χ2v) is 13.9. The van der Waals surface area contributed by atoms with Gasteiger partial charge in [-0.3, -0.25) is 0 Å². The summed E-state index contributed by atoms with van der Waals surface area (Å²) in [6, 6.07) is 7.94. The Hall–Kier alpha value is -2.23. The summed E-state index contributed by atoms with van der Waals surface area (Å²) in [6.07, 6.45) is 19.6. The zero-order valence-electron chi connectivity index (χ0n) is 24.1. The van der Waals surface area contributed by atoms with Gasteiger partial charge in [0.15, 0.2) is 11.5 Å². The van der Waals surface area contributed by atoms with Crippen molar-refractivity contribution in [1.82, 2.24) is 5.16 Å². The zero-order valence-corrected chi connectivity index (χ0v) is 26.5. The molecule has 1 aromatic carbocycles. The van der Waals surface area contributed by atoms with Crippen LogP contribution < -0.4 is 14.2 Å². The molecule has 1 aliphatic heterocycles. The highest BCUT2D eigenvalue weighted by Gasteiger charge is 2.23. The van der Waals surface area contributed by atoms with Crippen molar-refractivity contribution in [2.75, 3.05) is 11.5 Å². The average molecular weight is 623 g/mol. The van der Waals surface area contributed by atoms with E-state index < -0.39 is 10.0 Å². The molecule has 7 nitrogen and oxygen atoms in total. The molecule has 3 aromatic rings. The Labute approximate surface area is 254 Å². The summed E-state index contributed by atoms with van der Waals surface area (Å²) in [5.74, 6) is 1.72. The Morgan fingerprint density at radius 1 is 0.829 bits per heavy atom. The van der Waals surface area contributed by atoms with Crippen LogP contribution in [0.3, 0.4) is 0 Å². The first kappa shape index (κ1) is 31.7. The summed E-state index contributed by atoms with van der Waals surface area (Å²) in [4.78, 5) is 1.17. The number of halogens is 1. The minimum atomic E-state index is -3.76. The van der Waals surface area contributed by atoms with E-state index in [4.69, 9.17) is 25.6 Å². The maximum atomic E-state index is 12.8. The molecule has 0 radical (unpaired) electrons. The van der Waals surface area contributed by atoms with Crippen molar-refractivity contribution in [3.05, 3.63) is 50.8 Å². The molecule has 0 unspecified atom stereocenters. The van der Waals surface area contributed by atoms with Crippen molar-refractivity contribution in [3.8, 4) is 11.5 Å². The van der Waals surface area contributed by atoms with E-state index in [9.17, 15) is 8.42 Å². The quantitative estimate of drug-likeness (QED) is 0.126. The minimum absolute atomic E-state index is 0.0359. The summed E-state index contributed by atoms with van der Waals surface area (Å²) in [5, 5.41) is 5.71. The third-order valence-corrected chi connectivity index (χ3v) is 10.5. The lowest BCUT2D eigenvalue weighted by atomic mass is 10.0. The number of fused-ring (bicyclic) bond motifs is 1. The van der Waals surface area contributed by atoms with E-state index in [0.717, 1.165) is 42.1 Å². The normalized spacial score (nSPS) is 12.7. The van der Waals surface area contributed by atoms with E-state index in [-0.39, 0.29) is 10.9 Å². The maximum Gasteiger partial charge on any atom is 0.265 e. The molecule has 0 saturated carbocycles. The standard InChI is InChI=1S/C31H43ClN2O5S2/c1-24-30(32)31(39-33-24)34-41(35,36)29-20-21-40-28(29)17-15-13-11-9-7-5-3-2-4-6-8-10-12-14-16-25-18-19-26-27(22-25)38-23-37-26/h18-22,34H,2-17,23H2,1H3. The van der Waals surface area contributed by atoms with Gasteiger partial charge in [0, 0.05) is 4.88 Å². The molecule has 3 heterocycles. The van der Waals surface area contributed by atoms with E-state index in [1.54, 1.807) is 13.0 Å². The predicted octanol–water partition coefficient (Wildman–Crippen LogP) is 9.47. The molecular weight excluding hydrogens is 580 g/mol. The van der Waals surface area contributed by atoms with Gasteiger partial charge in [-0.05, 0) is 61.7 Å². The van der Waals surface area contributed by atoms with Crippen LogP contribution in [0.25, 0.3) is 0 Å². The monoisotopic (exact) mass is 622 g/mol. The van der Waals surface area contributed by atoms with Gasteiger partial charge in [-0.15, -0.1) is 11.3 Å². The van der Waals surface area contributed by atoms with Crippen LogP contribution in [-0.4, -0.2) is 20.4 Å². The van der Waals surface area contributed by atoms with Crippen LogP contribution in [0.2, 0.25) is 5.02 Å². The number of aryl methyl sites for hydroxylation is 3. The molecule has 0 spiro atoms. The molecule has 2 aromatic heterocycles. The SMILES string of the molecule is Cc1noc(NS(=O)(=O)c2ccsc2CCCCCCCCCCCCCCCCc2ccc3c(c2)OCO3)c1Cl. The van der Waals surface area contributed by atoms with Gasteiger partial charge in [0.1, 0.15) is 15.6 Å². The first-order valence-corrected chi connectivity index (χ1v) is 17.8. The number of aromatic nitrogens is 1. The smallest absolute Gasteiger partial charge is 0.265 e. The molecule has 0 bridgehead atoms. The topological polar surface area (TPSA) is 90.7 Å². The van der Waals surface area contributed by atoms with Crippen LogP contribution in [0.1, 0.15) is 106 Å². The lowest BCUT2D eigenvalue weighted by Gasteiger charge is -2.07. The van der Waals surface area contributed by atoms with Crippen molar-refractivity contribution in [1.29, 1.82) is 0 Å². The largest absolute Gasteiger partial charge is 0.454 e. The number of hydrogen-bond donors (Lipinski definition) is 1. The molecule has 226 valence electrons. The van der Waals surface area contributed by atoms with Gasteiger partial charge in [0.2, 0.25) is 6.79 Å². The van der Waals surface area contributed by atoms with Crippen molar-refractivity contribution in [2.45, 2.75) is 115 Å². The number of hydrogen-bond acceptors (Lipinski definition) is 7. The lowest BCUT2D eigenvalue weighted by Crippen LogP contribution is -2.13. The Balaban J connectivity index is 0.953.